The monoisotopic (exact) mass is 430 g/mol. The third kappa shape index (κ3) is 3.47. The Hall–Kier alpha value is -4.13. The van der Waals surface area contributed by atoms with Crippen LogP contribution in [0.4, 0.5) is 5.69 Å². The lowest BCUT2D eigenvalue weighted by Gasteiger charge is -2.26. The summed E-state index contributed by atoms with van der Waals surface area (Å²) in [5.41, 5.74) is 2.60. The van der Waals surface area contributed by atoms with E-state index in [4.69, 9.17) is 4.74 Å². The fourth-order valence-electron chi connectivity index (χ4n) is 3.92. The molecule has 162 valence electrons. The number of phenolic OH excluding ortho intramolecular Hbond substituents is 1. The number of rotatable bonds is 4. The zero-order chi connectivity index (χ0) is 23.0. The SMILES string of the molecule is COc1ccc(C)cc1/C(O)=C1\C(=O)C(=O)N(c2cc(C)ccc2O)C1c1ccncc1. The maximum absolute atomic E-state index is 13.2. The quantitative estimate of drug-likeness (QED) is 0.368. The predicted molar refractivity (Wildman–Crippen MR) is 120 cm³/mol. The van der Waals surface area contributed by atoms with Gasteiger partial charge in [-0.2, -0.15) is 0 Å². The molecule has 0 aliphatic carbocycles. The minimum Gasteiger partial charge on any atom is -0.507 e. The molecule has 4 rings (SSSR count). The Labute approximate surface area is 185 Å². The van der Waals surface area contributed by atoms with E-state index in [0.717, 1.165) is 11.1 Å². The number of methoxy groups -OCH3 is 1. The molecule has 0 radical (unpaired) electrons. The van der Waals surface area contributed by atoms with Crippen molar-refractivity contribution >= 4 is 23.1 Å². The van der Waals surface area contributed by atoms with Crippen LogP contribution in [0.2, 0.25) is 0 Å². The first-order chi connectivity index (χ1) is 15.3. The van der Waals surface area contributed by atoms with Crippen LogP contribution in [0.5, 0.6) is 11.5 Å². The van der Waals surface area contributed by atoms with Crippen molar-refractivity contribution in [1.29, 1.82) is 0 Å². The molecular weight excluding hydrogens is 408 g/mol. The zero-order valence-corrected chi connectivity index (χ0v) is 17.9. The van der Waals surface area contributed by atoms with Gasteiger partial charge in [0.05, 0.1) is 30.0 Å². The van der Waals surface area contributed by atoms with Crippen LogP contribution in [0.3, 0.4) is 0 Å². The van der Waals surface area contributed by atoms with Gasteiger partial charge in [-0.1, -0.05) is 17.7 Å². The first-order valence-corrected chi connectivity index (χ1v) is 9.99. The molecule has 1 atom stereocenters. The molecule has 2 N–H and O–H groups in total. The van der Waals surface area contributed by atoms with E-state index in [2.05, 4.69) is 4.98 Å². The van der Waals surface area contributed by atoms with Crippen LogP contribution in [-0.4, -0.2) is 34.0 Å². The summed E-state index contributed by atoms with van der Waals surface area (Å²) in [7, 11) is 1.46. The van der Waals surface area contributed by atoms with Gasteiger partial charge in [0.15, 0.2) is 0 Å². The van der Waals surface area contributed by atoms with Crippen molar-refractivity contribution in [3.8, 4) is 11.5 Å². The van der Waals surface area contributed by atoms with E-state index in [0.29, 0.717) is 16.9 Å². The molecule has 0 spiro atoms. The summed E-state index contributed by atoms with van der Waals surface area (Å²) in [6.07, 6.45) is 3.08. The Morgan fingerprint density at radius 1 is 1.00 bits per heavy atom. The van der Waals surface area contributed by atoms with Gasteiger partial charge in [0.2, 0.25) is 0 Å². The highest BCUT2D eigenvalue weighted by Crippen LogP contribution is 2.45. The lowest BCUT2D eigenvalue weighted by molar-refractivity contribution is -0.132. The van der Waals surface area contributed by atoms with Gasteiger partial charge in [-0.15, -0.1) is 0 Å². The second-order valence-electron chi connectivity index (χ2n) is 7.65. The molecular formula is C25H22N2O5. The first-order valence-electron chi connectivity index (χ1n) is 9.99. The fourth-order valence-corrected chi connectivity index (χ4v) is 3.92. The standard InChI is InChI=1S/C25H22N2O5/c1-14-5-7-20(32-3)17(12-14)23(29)21-22(16-8-10-26-11-9-16)27(25(31)24(21)30)18-13-15(2)4-6-19(18)28/h4-13,22,28-29H,1-3H3/b23-21+. The maximum atomic E-state index is 13.2. The third-order valence-corrected chi connectivity index (χ3v) is 5.47. The number of aromatic nitrogens is 1. The number of carbonyl (C=O) groups is 2. The number of carbonyl (C=O) groups excluding carboxylic acids is 2. The predicted octanol–water partition coefficient (Wildman–Crippen LogP) is 4.04. The number of amides is 1. The maximum Gasteiger partial charge on any atom is 0.300 e. The summed E-state index contributed by atoms with van der Waals surface area (Å²) in [4.78, 5) is 31.6. The second kappa shape index (κ2) is 8.19. The van der Waals surface area contributed by atoms with Crippen LogP contribution in [0, 0.1) is 13.8 Å². The molecule has 2 heterocycles. The average Bonchev–Trinajstić information content (AvgIpc) is 3.06. The molecule has 3 aromatic rings. The number of aryl methyl sites for hydroxylation is 2. The van der Waals surface area contributed by atoms with Gasteiger partial charge in [-0.05, 0) is 61.4 Å². The number of hydrogen-bond donors (Lipinski definition) is 2. The number of Topliss-reactive ketones (excluding diaryl/α,β-unsaturated/α-hetero) is 1. The Balaban J connectivity index is 2.01. The topological polar surface area (TPSA) is 100.0 Å². The highest BCUT2D eigenvalue weighted by Gasteiger charge is 2.48. The van der Waals surface area contributed by atoms with E-state index in [1.807, 2.05) is 19.9 Å². The molecule has 1 aromatic heterocycles. The van der Waals surface area contributed by atoms with Gasteiger partial charge in [-0.25, -0.2) is 0 Å². The summed E-state index contributed by atoms with van der Waals surface area (Å²) in [6, 6.07) is 12.4. The Morgan fingerprint density at radius 3 is 2.34 bits per heavy atom. The van der Waals surface area contributed by atoms with Gasteiger partial charge in [0.25, 0.3) is 11.7 Å². The molecule has 7 nitrogen and oxygen atoms in total. The van der Waals surface area contributed by atoms with E-state index in [9.17, 15) is 19.8 Å². The van der Waals surface area contributed by atoms with Crippen molar-refractivity contribution in [2.24, 2.45) is 0 Å². The molecule has 0 saturated carbocycles. The van der Waals surface area contributed by atoms with Gasteiger partial charge in [0, 0.05) is 12.4 Å². The summed E-state index contributed by atoms with van der Waals surface area (Å²) in [6.45, 7) is 3.67. The van der Waals surface area contributed by atoms with E-state index in [1.165, 1.54) is 18.1 Å². The van der Waals surface area contributed by atoms with Crippen LogP contribution >= 0.6 is 0 Å². The molecule has 1 unspecified atom stereocenters. The number of ketones is 1. The highest BCUT2D eigenvalue weighted by molar-refractivity contribution is 6.52. The van der Waals surface area contributed by atoms with Crippen molar-refractivity contribution in [2.75, 3.05) is 12.0 Å². The number of hydrogen-bond acceptors (Lipinski definition) is 6. The Bertz CT molecular complexity index is 1250. The number of anilines is 1. The summed E-state index contributed by atoms with van der Waals surface area (Å²) >= 11 is 0. The average molecular weight is 430 g/mol. The minimum atomic E-state index is -0.962. The molecule has 1 fully saturated rings. The summed E-state index contributed by atoms with van der Waals surface area (Å²) in [5.74, 6) is -1.83. The van der Waals surface area contributed by atoms with Crippen LogP contribution in [0.1, 0.15) is 28.3 Å². The number of aliphatic hydroxyl groups is 1. The number of aliphatic hydroxyl groups excluding tert-OH is 1. The lowest BCUT2D eigenvalue weighted by atomic mass is 9.95. The van der Waals surface area contributed by atoms with Crippen molar-refractivity contribution in [3.05, 3.63) is 88.8 Å². The van der Waals surface area contributed by atoms with Crippen LogP contribution < -0.4 is 9.64 Å². The first kappa shape index (κ1) is 21.1. The molecule has 32 heavy (non-hydrogen) atoms. The molecule has 1 amide bonds. The molecule has 1 saturated heterocycles. The Kier molecular flexibility index (Phi) is 5.40. The van der Waals surface area contributed by atoms with Crippen molar-refractivity contribution in [2.45, 2.75) is 19.9 Å². The van der Waals surface area contributed by atoms with Crippen molar-refractivity contribution in [1.82, 2.24) is 4.98 Å². The molecule has 1 aliphatic rings. The van der Waals surface area contributed by atoms with E-state index >= 15 is 0 Å². The lowest BCUT2D eigenvalue weighted by Crippen LogP contribution is -2.29. The van der Waals surface area contributed by atoms with Gasteiger partial charge < -0.3 is 14.9 Å². The van der Waals surface area contributed by atoms with Gasteiger partial charge in [-0.3, -0.25) is 19.5 Å². The van der Waals surface area contributed by atoms with Crippen molar-refractivity contribution in [3.63, 3.8) is 0 Å². The largest absolute Gasteiger partial charge is 0.507 e. The van der Waals surface area contributed by atoms with Crippen LogP contribution in [0.25, 0.3) is 5.76 Å². The number of benzene rings is 2. The number of nitrogens with zero attached hydrogens (tertiary/aromatic N) is 2. The normalized spacial score (nSPS) is 17.6. The van der Waals surface area contributed by atoms with E-state index in [1.54, 1.807) is 48.8 Å². The number of aromatic hydroxyl groups is 1. The Morgan fingerprint density at radius 2 is 1.66 bits per heavy atom. The number of pyridine rings is 1. The molecule has 2 aromatic carbocycles. The summed E-state index contributed by atoms with van der Waals surface area (Å²) in [5, 5.41) is 21.8. The third-order valence-electron chi connectivity index (χ3n) is 5.47. The highest BCUT2D eigenvalue weighted by atomic mass is 16.5. The van der Waals surface area contributed by atoms with E-state index < -0.39 is 17.7 Å². The van der Waals surface area contributed by atoms with Crippen LogP contribution in [-0.2, 0) is 9.59 Å². The molecule has 0 bridgehead atoms. The number of phenols is 1. The van der Waals surface area contributed by atoms with Crippen LogP contribution in [0.15, 0.2) is 66.5 Å². The molecule has 7 heteroatoms. The van der Waals surface area contributed by atoms with Gasteiger partial charge in [0.1, 0.15) is 17.3 Å². The fraction of sp³-hybridized carbons (Fsp3) is 0.160. The zero-order valence-electron chi connectivity index (χ0n) is 17.9. The minimum absolute atomic E-state index is 0.0917. The van der Waals surface area contributed by atoms with Crippen molar-refractivity contribution < 1.29 is 24.5 Å². The summed E-state index contributed by atoms with van der Waals surface area (Å²) < 4.78 is 5.38. The number of ether oxygens (including phenoxy) is 1. The second-order valence-corrected chi connectivity index (χ2v) is 7.65. The smallest absolute Gasteiger partial charge is 0.300 e. The molecule has 1 aliphatic heterocycles. The van der Waals surface area contributed by atoms with E-state index in [-0.39, 0.29) is 22.8 Å². The van der Waals surface area contributed by atoms with Gasteiger partial charge >= 0.3 is 0 Å².